The van der Waals surface area contributed by atoms with Gasteiger partial charge in [0.25, 0.3) is 0 Å². The average molecular weight is 264 g/mol. The highest BCUT2D eigenvalue weighted by Gasteiger charge is 2.23. The number of aromatic nitrogens is 2. The van der Waals surface area contributed by atoms with E-state index in [4.69, 9.17) is 4.52 Å². The Morgan fingerprint density at radius 1 is 1.21 bits per heavy atom. The van der Waals surface area contributed by atoms with Gasteiger partial charge in [-0.2, -0.15) is 4.98 Å². The van der Waals surface area contributed by atoms with Crippen LogP contribution in [0.3, 0.4) is 0 Å². The highest BCUT2D eigenvalue weighted by Crippen LogP contribution is 2.25. The standard InChI is InChI=1S/C14H24N4O/c1-18-8-4-11(5-9-18)10-13-16-14(19-17-13)12-2-6-15-7-3-12/h11-12,15H,2-10H2,1H3. The van der Waals surface area contributed by atoms with Crippen molar-refractivity contribution in [1.82, 2.24) is 20.4 Å². The van der Waals surface area contributed by atoms with Crippen LogP contribution < -0.4 is 5.32 Å². The molecule has 2 aliphatic rings. The van der Waals surface area contributed by atoms with Gasteiger partial charge in [0.05, 0.1) is 0 Å². The number of nitrogens with one attached hydrogen (secondary N) is 1. The van der Waals surface area contributed by atoms with Crippen LogP contribution in [-0.4, -0.2) is 48.3 Å². The number of rotatable bonds is 3. The predicted octanol–water partition coefficient (Wildman–Crippen LogP) is 1.42. The summed E-state index contributed by atoms with van der Waals surface area (Å²) in [5.74, 6) is 2.99. The van der Waals surface area contributed by atoms with Crippen molar-refractivity contribution in [2.75, 3.05) is 33.2 Å². The lowest BCUT2D eigenvalue weighted by Crippen LogP contribution is -2.31. The minimum absolute atomic E-state index is 0.472. The first-order chi connectivity index (χ1) is 9.31. The van der Waals surface area contributed by atoms with E-state index in [1.165, 1.54) is 25.9 Å². The van der Waals surface area contributed by atoms with Crippen LogP contribution in [0.4, 0.5) is 0 Å². The van der Waals surface area contributed by atoms with Gasteiger partial charge in [0, 0.05) is 12.3 Å². The van der Waals surface area contributed by atoms with E-state index in [1.807, 2.05) is 0 Å². The first kappa shape index (κ1) is 13.1. The van der Waals surface area contributed by atoms with Crippen molar-refractivity contribution in [3.8, 4) is 0 Å². The SMILES string of the molecule is CN1CCC(Cc2noc(C3CCNCC3)n2)CC1. The molecule has 19 heavy (non-hydrogen) atoms. The maximum Gasteiger partial charge on any atom is 0.229 e. The van der Waals surface area contributed by atoms with E-state index in [1.54, 1.807) is 0 Å². The maximum absolute atomic E-state index is 5.47. The molecule has 2 aliphatic heterocycles. The third-order valence-corrected chi connectivity index (χ3v) is 4.48. The Kier molecular flexibility index (Phi) is 4.13. The molecule has 0 unspecified atom stereocenters. The molecular formula is C14H24N4O. The average Bonchev–Trinajstić information content (AvgIpc) is 2.91. The fourth-order valence-corrected chi connectivity index (χ4v) is 3.11. The van der Waals surface area contributed by atoms with Gasteiger partial charge in [-0.15, -0.1) is 0 Å². The molecule has 2 fully saturated rings. The third kappa shape index (κ3) is 3.34. The van der Waals surface area contributed by atoms with Gasteiger partial charge in [-0.1, -0.05) is 5.16 Å². The van der Waals surface area contributed by atoms with E-state index in [9.17, 15) is 0 Å². The second-order valence-corrected chi connectivity index (χ2v) is 6.02. The summed E-state index contributed by atoms with van der Waals surface area (Å²) in [6.45, 7) is 4.53. The highest BCUT2D eigenvalue weighted by molar-refractivity contribution is 4.97. The van der Waals surface area contributed by atoms with Crippen LogP contribution >= 0.6 is 0 Å². The van der Waals surface area contributed by atoms with Gasteiger partial charge in [0.2, 0.25) is 5.89 Å². The zero-order chi connectivity index (χ0) is 13.1. The largest absolute Gasteiger partial charge is 0.339 e. The monoisotopic (exact) mass is 264 g/mol. The van der Waals surface area contributed by atoms with E-state index in [0.29, 0.717) is 5.92 Å². The third-order valence-electron chi connectivity index (χ3n) is 4.48. The fraction of sp³-hybridized carbons (Fsp3) is 0.857. The lowest BCUT2D eigenvalue weighted by Gasteiger charge is -2.28. The lowest BCUT2D eigenvalue weighted by molar-refractivity contribution is 0.216. The number of nitrogens with zero attached hydrogens (tertiary/aromatic N) is 3. The van der Waals surface area contributed by atoms with Gasteiger partial charge < -0.3 is 14.7 Å². The maximum atomic E-state index is 5.47. The molecule has 0 saturated carbocycles. The summed E-state index contributed by atoms with van der Waals surface area (Å²) in [4.78, 5) is 7.02. The Bertz CT molecular complexity index is 392. The molecule has 1 N–H and O–H groups in total. The Morgan fingerprint density at radius 2 is 1.95 bits per heavy atom. The first-order valence-electron chi connectivity index (χ1n) is 7.53. The van der Waals surface area contributed by atoms with Crippen molar-refractivity contribution in [3.63, 3.8) is 0 Å². The smallest absolute Gasteiger partial charge is 0.229 e. The molecule has 0 atom stereocenters. The summed E-state index contributed by atoms with van der Waals surface area (Å²) in [5.41, 5.74) is 0. The molecule has 5 heteroatoms. The molecule has 0 aliphatic carbocycles. The number of hydrogen-bond donors (Lipinski definition) is 1. The molecular weight excluding hydrogens is 240 g/mol. The molecule has 3 heterocycles. The van der Waals surface area contributed by atoms with Crippen LogP contribution in [0.2, 0.25) is 0 Å². The van der Waals surface area contributed by atoms with Crippen LogP contribution in [0.25, 0.3) is 0 Å². The van der Waals surface area contributed by atoms with Gasteiger partial charge in [-0.3, -0.25) is 0 Å². The summed E-state index contributed by atoms with van der Waals surface area (Å²) in [5, 5.41) is 7.55. The summed E-state index contributed by atoms with van der Waals surface area (Å²) in [7, 11) is 2.19. The molecule has 1 aromatic rings. The Hall–Kier alpha value is -0.940. The normalized spacial score (nSPS) is 23.8. The molecule has 3 rings (SSSR count). The van der Waals surface area contributed by atoms with E-state index in [-0.39, 0.29) is 0 Å². The highest BCUT2D eigenvalue weighted by atomic mass is 16.5. The molecule has 0 aromatic carbocycles. The van der Waals surface area contributed by atoms with Crippen LogP contribution in [0.1, 0.15) is 43.3 Å². The van der Waals surface area contributed by atoms with Gasteiger partial charge in [-0.25, -0.2) is 0 Å². The summed E-state index contributed by atoms with van der Waals surface area (Å²) >= 11 is 0. The molecule has 1 aromatic heterocycles. The Morgan fingerprint density at radius 3 is 2.68 bits per heavy atom. The van der Waals surface area contributed by atoms with Gasteiger partial charge in [-0.05, 0) is 64.8 Å². The summed E-state index contributed by atoms with van der Waals surface area (Å²) in [6.07, 6.45) is 5.75. The Balaban J connectivity index is 1.55. The van der Waals surface area contributed by atoms with Crippen molar-refractivity contribution in [2.45, 2.75) is 38.0 Å². The second kappa shape index (κ2) is 6.01. The van der Waals surface area contributed by atoms with E-state index in [2.05, 4.69) is 27.4 Å². The predicted molar refractivity (Wildman–Crippen MR) is 73.1 cm³/mol. The van der Waals surface area contributed by atoms with Crippen LogP contribution in [0, 0.1) is 5.92 Å². The molecule has 5 nitrogen and oxygen atoms in total. The Labute approximate surface area is 114 Å². The van der Waals surface area contributed by atoms with Gasteiger partial charge in [0.15, 0.2) is 5.82 Å². The number of hydrogen-bond acceptors (Lipinski definition) is 5. The van der Waals surface area contributed by atoms with Gasteiger partial charge in [0.1, 0.15) is 0 Å². The van der Waals surface area contributed by atoms with Crippen molar-refractivity contribution in [1.29, 1.82) is 0 Å². The quantitative estimate of drug-likeness (QED) is 0.895. The van der Waals surface area contributed by atoms with Crippen LogP contribution in [0.15, 0.2) is 4.52 Å². The molecule has 0 amide bonds. The summed E-state index contributed by atoms with van der Waals surface area (Å²) < 4.78 is 5.47. The van der Waals surface area contributed by atoms with Crippen LogP contribution in [0.5, 0.6) is 0 Å². The van der Waals surface area contributed by atoms with Crippen LogP contribution in [-0.2, 0) is 6.42 Å². The zero-order valence-corrected chi connectivity index (χ0v) is 11.8. The zero-order valence-electron chi connectivity index (χ0n) is 11.8. The van der Waals surface area contributed by atoms with E-state index < -0.39 is 0 Å². The topological polar surface area (TPSA) is 54.2 Å². The second-order valence-electron chi connectivity index (χ2n) is 6.02. The molecule has 0 radical (unpaired) electrons. The van der Waals surface area contributed by atoms with E-state index >= 15 is 0 Å². The number of piperidine rings is 2. The first-order valence-corrected chi connectivity index (χ1v) is 7.53. The minimum atomic E-state index is 0.472. The minimum Gasteiger partial charge on any atom is -0.339 e. The van der Waals surface area contributed by atoms with Gasteiger partial charge >= 0.3 is 0 Å². The van der Waals surface area contributed by atoms with Crippen molar-refractivity contribution in [2.24, 2.45) is 5.92 Å². The molecule has 106 valence electrons. The summed E-state index contributed by atoms with van der Waals surface area (Å²) in [6, 6.07) is 0. The molecule has 0 bridgehead atoms. The van der Waals surface area contributed by atoms with Crippen molar-refractivity contribution >= 4 is 0 Å². The molecule has 2 saturated heterocycles. The lowest BCUT2D eigenvalue weighted by atomic mass is 9.93. The number of likely N-dealkylation sites (tertiary alicyclic amines) is 1. The fourth-order valence-electron chi connectivity index (χ4n) is 3.11. The van der Waals surface area contributed by atoms with Crippen molar-refractivity contribution in [3.05, 3.63) is 11.7 Å². The molecule has 0 spiro atoms. The van der Waals surface area contributed by atoms with Crippen molar-refractivity contribution < 1.29 is 4.52 Å². The van der Waals surface area contributed by atoms with E-state index in [0.717, 1.165) is 50.0 Å².